The molecule has 0 aliphatic carbocycles. The van der Waals surface area contributed by atoms with Crippen molar-refractivity contribution < 1.29 is 19.1 Å². The molecule has 0 N–H and O–H groups in total. The van der Waals surface area contributed by atoms with Gasteiger partial charge in [-0.15, -0.1) is 0 Å². The summed E-state index contributed by atoms with van der Waals surface area (Å²) >= 11 is 0. The smallest absolute Gasteiger partial charge is 0.415 e. The lowest BCUT2D eigenvalue weighted by molar-refractivity contribution is -0.150. The summed E-state index contributed by atoms with van der Waals surface area (Å²) in [5.74, 6) is -0.430. The zero-order valence-electron chi connectivity index (χ0n) is 21.5. The molecule has 188 valence electrons. The Morgan fingerprint density at radius 3 is 1.56 bits per heavy atom. The maximum Gasteiger partial charge on any atom is 0.415 e. The Hall–Kier alpha value is -1.52. The van der Waals surface area contributed by atoms with Gasteiger partial charge in [0, 0.05) is 7.05 Å². The maximum atomic E-state index is 12.4. The molecule has 0 bridgehead atoms. The van der Waals surface area contributed by atoms with Crippen LogP contribution in [0.2, 0.25) is 0 Å². The van der Waals surface area contributed by atoms with Crippen LogP contribution in [0.5, 0.6) is 0 Å². The summed E-state index contributed by atoms with van der Waals surface area (Å²) < 4.78 is 10.2. The van der Waals surface area contributed by atoms with Crippen molar-refractivity contribution in [3.05, 3.63) is 12.8 Å². The molecule has 1 atom stereocenters. The number of carbonyl (C=O) groups is 2. The monoisotopic (exact) mass is 453 g/mol. The molecule has 0 saturated heterocycles. The first-order valence-electron chi connectivity index (χ1n) is 13.2. The summed E-state index contributed by atoms with van der Waals surface area (Å²) in [6.45, 7) is 9.83. The van der Waals surface area contributed by atoms with Crippen molar-refractivity contribution in [2.75, 3.05) is 13.7 Å². The highest BCUT2D eigenvalue weighted by Crippen LogP contribution is 2.15. The Balaban J connectivity index is 3.61. The lowest BCUT2D eigenvalue weighted by atomic mass is 10.0. The Kier molecular flexibility index (Phi) is 20.3. The second kappa shape index (κ2) is 21.3. The van der Waals surface area contributed by atoms with Gasteiger partial charge in [-0.1, -0.05) is 124 Å². The largest absolute Gasteiger partial charge is 0.464 e. The first-order valence-corrected chi connectivity index (χ1v) is 13.2. The van der Waals surface area contributed by atoms with Crippen molar-refractivity contribution in [3.63, 3.8) is 0 Å². The number of unbranched alkanes of at least 4 members (excludes halogenated alkanes) is 15. The topological polar surface area (TPSA) is 55.8 Å². The Morgan fingerprint density at radius 2 is 1.19 bits per heavy atom. The summed E-state index contributed by atoms with van der Waals surface area (Å²) in [5, 5.41) is 0. The van der Waals surface area contributed by atoms with Gasteiger partial charge in [0.05, 0.1) is 12.9 Å². The quantitative estimate of drug-likeness (QED) is 0.100. The number of ether oxygens (including phenoxy) is 2. The maximum absolute atomic E-state index is 12.4. The predicted molar refractivity (Wildman–Crippen MR) is 134 cm³/mol. The highest BCUT2D eigenvalue weighted by molar-refractivity contribution is 5.81. The van der Waals surface area contributed by atoms with Gasteiger partial charge in [0.15, 0.2) is 0 Å². The zero-order chi connectivity index (χ0) is 24.0. The fraction of sp³-hybridized carbons (Fsp3) is 0.852. The van der Waals surface area contributed by atoms with Crippen LogP contribution in [0.4, 0.5) is 4.79 Å². The second-order valence-electron chi connectivity index (χ2n) is 9.32. The van der Waals surface area contributed by atoms with Crippen LogP contribution in [-0.2, 0) is 14.3 Å². The zero-order valence-corrected chi connectivity index (χ0v) is 21.5. The van der Waals surface area contributed by atoms with Crippen molar-refractivity contribution in [1.82, 2.24) is 4.90 Å². The molecular weight excluding hydrogens is 402 g/mol. The second-order valence-corrected chi connectivity index (χ2v) is 9.32. The number of likely N-dealkylation sites (N-methyl/N-ethyl adjacent to an activating group) is 1. The van der Waals surface area contributed by atoms with E-state index in [4.69, 9.17) is 9.47 Å². The summed E-state index contributed by atoms with van der Waals surface area (Å²) in [6.07, 6.45) is 21.5. The van der Waals surface area contributed by atoms with E-state index in [0.29, 0.717) is 6.61 Å². The fourth-order valence-electron chi connectivity index (χ4n) is 4.05. The third-order valence-electron chi connectivity index (χ3n) is 6.00. The predicted octanol–water partition coefficient (Wildman–Crippen LogP) is 8.03. The lowest BCUT2D eigenvalue weighted by Crippen LogP contribution is -2.46. The van der Waals surface area contributed by atoms with Gasteiger partial charge >= 0.3 is 12.1 Å². The Bertz CT molecular complexity index is 478. The van der Waals surface area contributed by atoms with Gasteiger partial charge in [0.1, 0.15) is 6.04 Å². The highest BCUT2D eigenvalue weighted by atomic mass is 16.6. The molecule has 1 unspecified atom stereocenters. The van der Waals surface area contributed by atoms with Crippen LogP contribution in [0, 0.1) is 5.92 Å². The van der Waals surface area contributed by atoms with E-state index in [0.717, 1.165) is 19.1 Å². The van der Waals surface area contributed by atoms with Crippen molar-refractivity contribution in [3.8, 4) is 0 Å². The molecule has 5 nitrogen and oxygen atoms in total. The molecule has 0 heterocycles. The molecule has 0 rings (SSSR count). The van der Waals surface area contributed by atoms with E-state index in [1.807, 2.05) is 13.8 Å². The minimum absolute atomic E-state index is 0.0596. The summed E-state index contributed by atoms with van der Waals surface area (Å²) in [4.78, 5) is 25.5. The van der Waals surface area contributed by atoms with E-state index >= 15 is 0 Å². The molecule has 0 aromatic heterocycles. The van der Waals surface area contributed by atoms with Crippen LogP contribution < -0.4 is 0 Å². The number of rotatable bonds is 21. The van der Waals surface area contributed by atoms with Crippen molar-refractivity contribution in [1.29, 1.82) is 0 Å². The van der Waals surface area contributed by atoms with Gasteiger partial charge in [-0.05, 0) is 12.3 Å². The van der Waals surface area contributed by atoms with Gasteiger partial charge in [0.2, 0.25) is 0 Å². The van der Waals surface area contributed by atoms with Crippen molar-refractivity contribution in [2.45, 2.75) is 130 Å². The van der Waals surface area contributed by atoms with Gasteiger partial charge in [-0.3, -0.25) is 4.90 Å². The van der Waals surface area contributed by atoms with E-state index in [1.54, 1.807) is 7.05 Å². The minimum atomic E-state index is -0.650. The summed E-state index contributed by atoms with van der Waals surface area (Å²) in [5.41, 5.74) is 0. The average molecular weight is 454 g/mol. The molecule has 32 heavy (non-hydrogen) atoms. The van der Waals surface area contributed by atoms with Crippen LogP contribution in [0.1, 0.15) is 124 Å². The van der Waals surface area contributed by atoms with E-state index < -0.39 is 12.1 Å². The van der Waals surface area contributed by atoms with Crippen LogP contribution in [0.25, 0.3) is 0 Å². The number of amides is 1. The summed E-state index contributed by atoms with van der Waals surface area (Å²) in [6, 6.07) is -0.650. The molecule has 0 fully saturated rings. The van der Waals surface area contributed by atoms with Gasteiger partial charge in [-0.25, -0.2) is 9.59 Å². The van der Waals surface area contributed by atoms with E-state index in [-0.39, 0.29) is 11.9 Å². The molecule has 0 aromatic carbocycles. The molecule has 0 spiro atoms. The molecule has 0 saturated carbocycles. The third-order valence-corrected chi connectivity index (χ3v) is 6.00. The first kappa shape index (κ1) is 30.5. The van der Waals surface area contributed by atoms with Gasteiger partial charge in [0.25, 0.3) is 0 Å². The van der Waals surface area contributed by atoms with Crippen molar-refractivity contribution >= 4 is 12.1 Å². The SMILES string of the molecule is C=COC(=O)N(C)C(C(=O)OCCCCCCCCCCCCCCCCCC)C(C)C. The van der Waals surface area contributed by atoms with Crippen molar-refractivity contribution in [2.24, 2.45) is 5.92 Å². The Morgan fingerprint density at radius 1 is 0.781 bits per heavy atom. The molecule has 0 aliphatic heterocycles. The Labute approximate surface area is 198 Å². The molecular formula is C27H51NO4. The standard InChI is InChI=1S/C27H51NO4/c1-6-8-9-10-11-12-13-14-15-16-17-18-19-20-21-22-23-32-26(29)25(24(3)4)28(5)27(30)31-7-2/h7,24-25H,2,6,8-23H2,1,3-5H3. The van der Waals surface area contributed by atoms with Crippen LogP contribution in [0.15, 0.2) is 12.8 Å². The number of carbonyl (C=O) groups excluding carboxylic acids is 2. The van der Waals surface area contributed by atoms with E-state index in [9.17, 15) is 9.59 Å². The van der Waals surface area contributed by atoms with E-state index in [2.05, 4.69) is 13.5 Å². The number of hydrogen-bond donors (Lipinski definition) is 0. The first-order chi connectivity index (χ1) is 15.5. The summed E-state index contributed by atoms with van der Waals surface area (Å²) in [7, 11) is 1.55. The lowest BCUT2D eigenvalue weighted by Gasteiger charge is -2.28. The van der Waals surface area contributed by atoms with Gasteiger partial charge in [-0.2, -0.15) is 0 Å². The normalized spacial score (nSPS) is 11.9. The highest BCUT2D eigenvalue weighted by Gasteiger charge is 2.31. The molecule has 0 aliphatic rings. The number of hydrogen-bond acceptors (Lipinski definition) is 4. The van der Waals surface area contributed by atoms with Crippen LogP contribution in [0.3, 0.4) is 0 Å². The third kappa shape index (κ3) is 16.2. The van der Waals surface area contributed by atoms with Crippen LogP contribution in [-0.4, -0.2) is 36.7 Å². The van der Waals surface area contributed by atoms with Gasteiger partial charge < -0.3 is 9.47 Å². The minimum Gasteiger partial charge on any atom is -0.464 e. The molecule has 0 radical (unpaired) electrons. The van der Waals surface area contributed by atoms with E-state index in [1.165, 1.54) is 94.8 Å². The fourth-order valence-corrected chi connectivity index (χ4v) is 4.05. The number of nitrogens with zero attached hydrogens (tertiary/aromatic N) is 1. The molecule has 1 amide bonds. The molecule has 0 aromatic rings. The number of esters is 1. The average Bonchev–Trinajstić information content (AvgIpc) is 2.75. The molecule has 5 heteroatoms. The van der Waals surface area contributed by atoms with Crippen LogP contribution >= 0.6 is 0 Å².